The van der Waals surface area contributed by atoms with Crippen LogP contribution >= 0.6 is 15.9 Å². The van der Waals surface area contributed by atoms with Gasteiger partial charge in [0.25, 0.3) is 0 Å². The molecule has 24 heavy (non-hydrogen) atoms. The van der Waals surface area contributed by atoms with Crippen molar-refractivity contribution in [1.82, 2.24) is 0 Å². The highest BCUT2D eigenvalue weighted by Gasteiger charge is 2.01. The number of carbonyl (C=O) groups excluding carboxylic acids is 1. The van der Waals surface area contributed by atoms with Crippen LogP contribution in [0.3, 0.4) is 0 Å². The molecular formula is C19H14BrNO3. The number of ether oxygens (including phenoxy) is 1. The first-order valence-electron chi connectivity index (χ1n) is 7.25. The van der Waals surface area contributed by atoms with Crippen LogP contribution in [0.25, 0.3) is 6.08 Å². The lowest BCUT2D eigenvalue weighted by atomic mass is 10.3. The Morgan fingerprint density at radius 3 is 2.29 bits per heavy atom. The van der Waals surface area contributed by atoms with Crippen molar-refractivity contribution in [2.75, 3.05) is 5.32 Å². The SMILES string of the molecule is O=C(C=Cc1ccco1)Nc1ccc(Oc2ccc(Br)cc2)cc1. The van der Waals surface area contributed by atoms with Crippen LogP contribution < -0.4 is 10.1 Å². The van der Waals surface area contributed by atoms with Crippen LogP contribution in [0.5, 0.6) is 11.5 Å². The lowest BCUT2D eigenvalue weighted by Crippen LogP contribution is -2.07. The Hall–Kier alpha value is -2.79. The van der Waals surface area contributed by atoms with Gasteiger partial charge in [-0.05, 0) is 66.7 Å². The first-order valence-corrected chi connectivity index (χ1v) is 8.04. The van der Waals surface area contributed by atoms with E-state index in [1.807, 2.05) is 24.3 Å². The van der Waals surface area contributed by atoms with Crippen molar-refractivity contribution in [1.29, 1.82) is 0 Å². The Kier molecular flexibility index (Phi) is 5.13. The summed E-state index contributed by atoms with van der Waals surface area (Å²) in [6, 6.07) is 18.3. The van der Waals surface area contributed by atoms with Gasteiger partial charge >= 0.3 is 0 Å². The monoisotopic (exact) mass is 383 g/mol. The number of anilines is 1. The minimum Gasteiger partial charge on any atom is -0.465 e. The van der Waals surface area contributed by atoms with Gasteiger partial charge in [-0.25, -0.2) is 0 Å². The second-order valence-corrected chi connectivity index (χ2v) is 5.83. The zero-order valence-electron chi connectivity index (χ0n) is 12.6. The molecule has 1 amide bonds. The van der Waals surface area contributed by atoms with E-state index >= 15 is 0 Å². The molecule has 120 valence electrons. The number of hydrogen-bond donors (Lipinski definition) is 1. The highest BCUT2D eigenvalue weighted by Crippen LogP contribution is 2.24. The zero-order chi connectivity index (χ0) is 16.8. The van der Waals surface area contributed by atoms with Gasteiger partial charge in [-0.3, -0.25) is 4.79 Å². The minimum absolute atomic E-state index is 0.229. The van der Waals surface area contributed by atoms with Crippen LogP contribution in [-0.2, 0) is 4.79 Å². The molecule has 2 aromatic carbocycles. The van der Waals surface area contributed by atoms with E-state index in [4.69, 9.17) is 9.15 Å². The van der Waals surface area contributed by atoms with Gasteiger partial charge < -0.3 is 14.5 Å². The summed E-state index contributed by atoms with van der Waals surface area (Å²) in [5.74, 6) is 1.84. The molecule has 0 aliphatic carbocycles. The predicted molar refractivity (Wildman–Crippen MR) is 97.0 cm³/mol. The molecule has 0 fully saturated rings. The maximum absolute atomic E-state index is 11.8. The van der Waals surface area contributed by atoms with Crippen LogP contribution in [-0.4, -0.2) is 5.91 Å². The number of hydrogen-bond acceptors (Lipinski definition) is 3. The first kappa shape index (κ1) is 16.1. The third kappa shape index (κ3) is 4.60. The third-order valence-electron chi connectivity index (χ3n) is 3.11. The summed E-state index contributed by atoms with van der Waals surface area (Å²) in [6.45, 7) is 0. The number of furan rings is 1. The summed E-state index contributed by atoms with van der Waals surface area (Å²) in [6.07, 6.45) is 4.59. The lowest BCUT2D eigenvalue weighted by Gasteiger charge is -2.07. The molecule has 3 rings (SSSR count). The molecule has 4 nitrogen and oxygen atoms in total. The Labute approximate surface area is 147 Å². The van der Waals surface area contributed by atoms with Crippen molar-refractivity contribution >= 4 is 33.6 Å². The summed E-state index contributed by atoms with van der Waals surface area (Å²) in [7, 11) is 0. The van der Waals surface area contributed by atoms with E-state index < -0.39 is 0 Å². The van der Waals surface area contributed by atoms with E-state index in [0.717, 1.165) is 10.2 Å². The lowest BCUT2D eigenvalue weighted by molar-refractivity contribution is -0.111. The fourth-order valence-corrected chi connectivity index (χ4v) is 2.24. The van der Waals surface area contributed by atoms with Crippen LogP contribution in [0, 0.1) is 0 Å². The highest BCUT2D eigenvalue weighted by molar-refractivity contribution is 9.10. The molecule has 0 saturated heterocycles. The molecule has 0 spiro atoms. The van der Waals surface area contributed by atoms with Gasteiger partial charge in [-0.15, -0.1) is 0 Å². The summed E-state index contributed by atoms with van der Waals surface area (Å²) in [4.78, 5) is 11.8. The normalized spacial score (nSPS) is 10.7. The molecule has 0 bridgehead atoms. The van der Waals surface area contributed by atoms with Crippen LogP contribution in [0.2, 0.25) is 0 Å². The molecule has 3 aromatic rings. The van der Waals surface area contributed by atoms with Gasteiger partial charge in [0.2, 0.25) is 5.91 Å². The molecule has 0 aliphatic heterocycles. The maximum Gasteiger partial charge on any atom is 0.248 e. The number of halogens is 1. The molecule has 0 radical (unpaired) electrons. The second-order valence-electron chi connectivity index (χ2n) is 4.92. The molecule has 0 aliphatic rings. The van der Waals surface area contributed by atoms with Gasteiger partial charge in [-0.1, -0.05) is 15.9 Å². The fourth-order valence-electron chi connectivity index (χ4n) is 1.97. The molecule has 1 N–H and O–H groups in total. The number of rotatable bonds is 5. The van der Waals surface area contributed by atoms with E-state index in [2.05, 4.69) is 21.2 Å². The van der Waals surface area contributed by atoms with Crippen LogP contribution in [0.1, 0.15) is 5.76 Å². The van der Waals surface area contributed by atoms with Crippen LogP contribution in [0.15, 0.2) is 81.9 Å². The summed E-state index contributed by atoms with van der Waals surface area (Å²) in [5.41, 5.74) is 0.687. The van der Waals surface area contributed by atoms with Crippen molar-refractivity contribution in [2.24, 2.45) is 0 Å². The molecule has 1 heterocycles. The topological polar surface area (TPSA) is 51.5 Å². The maximum atomic E-state index is 11.8. The van der Waals surface area contributed by atoms with Gasteiger partial charge in [0.1, 0.15) is 17.3 Å². The van der Waals surface area contributed by atoms with Crippen molar-refractivity contribution in [3.8, 4) is 11.5 Å². The largest absolute Gasteiger partial charge is 0.465 e. The predicted octanol–water partition coefficient (Wildman–Crippen LogP) is 5.49. The van der Waals surface area contributed by atoms with Crippen molar-refractivity contribution < 1.29 is 13.9 Å². The average Bonchev–Trinajstić information content (AvgIpc) is 3.10. The second kappa shape index (κ2) is 7.66. The quantitative estimate of drug-likeness (QED) is 0.592. The minimum atomic E-state index is -0.229. The molecule has 5 heteroatoms. The zero-order valence-corrected chi connectivity index (χ0v) is 14.2. The van der Waals surface area contributed by atoms with E-state index in [0.29, 0.717) is 17.2 Å². The molecule has 0 unspecified atom stereocenters. The third-order valence-corrected chi connectivity index (χ3v) is 3.64. The van der Waals surface area contributed by atoms with E-state index in [1.165, 1.54) is 6.08 Å². The Morgan fingerprint density at radius 2 is 1.67 bits per heavy atom. The Bertz CT molecular complexity index is 822. The average molecular weight is 384 g/mol. The van der Waals surface area contributed by atoms with Crippen LogP contribution in [0.4, 0.5) is 5.69 Å². The number of benzene rings is 2. The van der Waals surface area contributed by atoms with E-state index in [1.54, 1.807) is 48.7 Å². The van der Waals surface area contributed by atoms with Gasteiger partial charge in [0.05, 0.1) is 6.26 Å². The highest BCUT2D eigenvalue weighted by atomic mass is 79.9. The summed E-state index contributed by atoms with van der Waals surface area (Å²) < 4.78 is 11.9. The summed E-state index contributed by atoms with van der Waals surface area (Å²) in [5, 5.41) is 2.77. The number of nitrogens with one attached hydrogen (secondary N) is 1. The summed E-state index contributed by atoms with van der Waals surface area (Å²) >= 11 is 3.38. The molecular weight excluding hydrogens is 370 g/mol. The van der Waals surface area contributed by atoms with E-state index in [9.17, 15) is 4.79 Å². The Balaban J connectivity index is 1.58. The molecule has 1 aromatic heterocycles. The standard InChI is InChI=1S/C19H14BrNO3/c20-14-3-7-17(8-4-14)24-18-9-5-15(6-10-18)21-19(22)12-11-16-2-1-13-23-16/h1-13H,(H,21,22). The first-order chi connectivity index (χ1) is 11.7. The van der Waals surface area contributed by atoms with E-state index in [-0.39, 0.29) is 5.91 Å². The fraction of sp³-hybridized carbons (Fsp3) is 0. The van der Waals surface area contributed by atoms with Gasteiger partial charge in [0, 0.05) is 16.2 Å². The number of carbonyl (C=O) groups is 1. The number of amides is 1. The van der Waals surface area contributed by atoms with Gasteiger partial charge in [-0.2, -0.15) is 0 Å². The molecule has 0 saturated carbocycles. The smallest absolute Gasteiger partial charge is 0.248 e. The molecule has 0 atom stereocenters. The van der Waals surface area contributed by atoms with Crippen molar-refractivity contribution in [3.05, 3.63) is 83.2 Å². The Morgan fingerprint density at radius 1 is 1.00 bits per heavy atom. The van der Waals surface area contributed by atoms with Gasteiger partial charge in [0.15, 0.2) is 0 Å². The van der Waals surface area contributed by atoms with Crippen molar-refractivity contribution in [2.45, 2.75) is 0 Å². The van der Waals surface area contributed by atoms with Crippen molar-refractivity contribution in [3.63, 3.8) is 0 Å².